The fraction of sp³-hybridized carbons (Fsp3) is 0. The van der Waals surface area contributed by atoms with Gasteiger partial charge in [0.15, 0.2) is 0 Å². The van der Waals surface area contributed by atoms with Crippen molar-refractivity contribution in [3.8, 4) is 6.07 Å². The topological polar surface area (TPSA) is 61.1 Å². The van der Waals surface area contributed by atoms with Gasteiger partial charge < -0.3 is 5.11 Å². The van der Waals surface area contributed by atoms with E-state index >= 15 is 0 Å². The van der Waals surface area contributed by atoms with Crippen LogP contribution in [0.15, 0.2) is 57.6 Å². The number of carboxylic acids is 1. The predicted octanol–water partition coefficient (Wildman–Crippen LogP) is 4.62. The molecule has 0 aliphatic heterocycles. The molecule has 0 fully saturated rings. The van der Waals surface area contributed by atoms with Crippen molar-refractivity contribution in [3.05, 3.63) is 58.3 Å². The molecule has 0 saturated heterocycles. The van der Waals surface area contributed by atoms with Crippen LogP contribution in [0.4, 0.5) is 0 Å². The first-order valence-electron chi connectivity index (χ1n) is 6.10. The van der Waals surface area contributed by atoms with Crippen molar-refractivity contribution in [2.75, 3.05) is 0 Å². The number of nitrogens with zero attached hydrogens (tertiary/aromatic N) is 1. The Balaban J connectivity index is 2.05. The third-order valence-electron chi connectivity index (χ3n) is 3.02. The standard InChI is InChI=1S/C16H9NO2S2/c17-8-10-5-6-14(13-4-2-1-3-12(10)13)21-11-7-15(16(18)19)20-9-11/h1-7,9H,(H,18,19). The molecule has 0 aliphatic rings. The van der Waals surface area contributed by atoms with E-state index in [9.17, 15) is 4.79 Å². The zero-order valence-electron chi connectivity index (χ0n) is 10.7. The van der Waals surface area contributed by atoms with Gasteiger partial charge in [-0.05, 0) is 23.6 Å². The van der Waals surface area contributed by atoms with Gasteiger partial charge in [0.2, 0.25) is 0 Å². The van der Waals surface area contributed by atoms with E-state index in [0.29, 0.717) is 10.4 Å². The predicted molar refractivity (Wildman–Crippen MR) is 84.1 cm³/mol. The van der Waals surface area contributed by atoms with E-state index in [1.807, 2.05) is 35.7 Å². The zero-order chi connectivity index (χ0) is 14.8. The Morgan fingerprint density at radius 1 is 1.19 bits per heavy atom. The Labute approximate surface area is 129 Å². The van der Waals surface area contributed by atoms with Crippen LogP contribution in [-0.4, -0.2) is 11.1 Å². The van der Waals surface area contributed by atoms with Crippen LogP contribution < -0.4 is 0 Å². The van der Waals surface area contributed by atoms with E-state index in [-0.39, 0.29) is 0 Å². The SMILES string of the molecule is N#Cc1ccc(Sc2csc(C(=O)O)c2)c2ccccc12. The van der Waals surface area contributed by atoms with Crippen molar-refractivity contribution in [2.45, 2.75) is 9.79 Å². The number of aromatic carboxylic acids is 1. The van der Waals surface area contributed by atoms with Crippen LogP contribution in [0.25, 0.3) is 10.8 Å². The van der Waals surface area contributed by atoms with Gasteiger partial charge in [0.25, 0.3) is 0 Å². The number of benzene rings is 2. The minimum atomic E-state index is -0.906. The van der Waals surface area contributed by atoms with Crippen molar-refractivity contribution >= 4 is 39.8 Å². The summed E-state index contributed by atoms with van der Waals surface area (Å²) in [6.45, 7) is 0. The summed E-state index contributed by atoms with van der Waals surface area (Å²) in [6.07, 6.45) is 0. The zero-order valence-corrected chi connectivity index (χ0v) is 12.4. The van der Waals surface area contributed by atoms with Gasteiger partial charge in [-0.25, -0.2) is 4.79 Å². The molecule has 0 atom stereocenters. The maximum Gasteiger partial charge on any atom is 0.345 e. The summed E-state index contributed by atoms with van der Waals surface area (Å²) in [5.41, 5.74) is 0.645. The normalized spacial score (nSPS) is 10.4. The average molecular weight is 311 g/mol. The molecule has 0 radical (unpaired) electrons. The largest absolute Gasteiger partial charge is 0.477 e. The maximum absolute atomic E-state index is 10.9. The van der Waals surface area contributed by atoms with Gasteiger partial charge in [0.05, 0.1) is 11.6 Å². The number of hydrogen-bond acceptors (Lipinski definition) is 4. The minimum Gasteiger partial charge on any atom is -0.477 e. The lowest BCUT2D eigenvalue weighted by molar-refractivity contribution is 0.0702. The maximum atomic E-state index is 10.9. The van der Waals surface area contributed by atoms with Gasteiger partial charge in [-0.3, -0.25) is 0 Å². The Morgan fingerprint density at radius 3 is 2.62 bits per heavy atom. The van der Waals surface area contributed by atoms with Crippen molar-refractivity contribution in [1.82, 2.24) is 0 Å². The lowest BCUT2D eigenvalue weighted by atomic mass is 10.1. The van der Waals surface area contributed by atoms with Crippen molar-refractivity contribution in [3.63, 3.8) is 0 Å². The molecule has 0 unspecified atom stereocenters. The Morgan fingerprint density at radius 2 is 1.95 bits per heavy atom. The molecule has 1 heterocycles. The van der Waals surface area contributed by atoms with E-state index in [1.54, 1.807) is 12.1 Å². The third-order valence-corrected chi connectivity index (χ3v) is 5.13. The Bertz CT molecular complexity index is 877. The number of fused-ring (bicyclic) bond motifs is 1. The van der Waals surface area contributed by atoms with Crippen LogP contribution in [-0.2, 0) is 0 Å². The molecule has 21 heavy (non-hydrogen) atoms. The molecule has 0 bridgehead atoms. The Hall–Kier alpha value is -2.29. The van der Waals surface area contributed by atoms with Crippen LogP contribution in [0.3, 0.4) is 0 Å². The molecule has 0 spiro atoms. The van der Waals surface area contributed by atoms with Crippen LogP contribution in [0.1, 0.15) is 15.2 Å². The van der Waals surface area contributed by atoms with Crippen LogP contribution >= 0.6 is 23.1 Å². The molecule has 3 nitrogen and oxygen atoms in total. The quantitative estimate of drug-likeness (QED) is 0.766. The molecule has 0 aliphatic carbocycles. The number of carbonyl (C=O) groups is 1. The molecular formula is C16H9NO2S2. The van der Waals surface area contributed by atoms with Gasteiger partial charge in [0, 0.05) is 20.6 Å². The second-order valence-corrected chi connectivity index (χ2v) is 6.35. The summed E-state index contributed by atoms with van der Waals surface area (Å²) in [5.74, 6) is -0.906. The van der Waals surface area contributed by atoms with Crippen molar-refractivity contribution < 1.29 is 9.90 Å². The highest BCUT2D eigenvalue weighted by Gasteiger charge is 2.10. The van der Waals surface area contributed by atoms with E-state index < -0.39 is 5.97 Å². The summed E-state index contributed by atoms with van der Waals surface area (Å²) in [5, 5.41) is 21.9. The van der Waals surface area contributed by atoms with Crippen molar-refractivity contribution in [2.24, 2.45) is 0 Å². The molecule has 3 aromatic rings. The molecular weight excluding hydrogens is 302 g/mol. The van der Waals surface area contributed by atoms with E-state index in [2.05, 4.69) is 6.07 Å². The fourth-order valence-corrected chi connectivity index (χ4v) is 3.94. The fourth-order valence-electron chi connectivity index (χ4n) is 2.07. The molecule has 1 aromatic heterocycles. The molecule has 0 saturated carbocycles. The molecule has 1 N–H and O–H groups in total. The smallest absolute Gasteiger partial charge is 0.345 e. The lowest BCUT2D eigenvalue weighted by Gasteiger charge is -2.06. The molecule has 3 rings (SSSR count). The summed E-state index contributed by atoms with van der Waals surface area (Å²) >= 11 is 2.73. The van der Waals surface area contributed by atoms with Crippen LogP contribution in [0.5, 0.6) is 0 Å². The minimum absolute atomic E-state index is 0.329. The monoisotopic (exact) mass is 311 g/mol. The van der Waals surface area contributed by atoms with Crippen LogP contribution in [0, 0.1) is 11.3 Å². The van der Waals surface area contributed by atoms with Gasteiger partial charge in [0.1, 0.15) is 4.88 Å². The highest BCUT2D eigenvalue weighted by molar-refractivity contribution is 7.99. The first kappa shape index (κ1) is 13.7. The van der Waals surface area contributed by atoms with Crippen molar-refractivity contribution in [1.29, 1.82) is 5.26 Å². The highest BCUT2D eigenvalue weighted by atomic mass is 32.2. The first-order valence-corrected chi connectivity index (χ1v) is 7.80. The Kier molecular flexibility index (Phi) is 3.65. The molecule has 2 aromatic carbocycles. The van der Waals surface area contributed by atoms with Gasteiger partial charge in [-0.15, -0.1) is 11.3 Å². The molecule has 0 amide bonds. The van der Waals surface area contributed by atoms with Gasteiger partial charge in [-0.1, -0.05) is 36.0 Å². The summed E-state index contributed by atoms with van der Waals surface area (Å²) in [7, 11) is 0. The third kappa shape index (κ3) is 2.64. The van der Waals surface area contributed by atoms with Crippen LogP contribution in [0.2, 0.25) is 0 Å². The highest BCUT2D eigenvalue weighted by Crippen LogP contribution is 2.36. The van der Waals surface area contributed by atoms with Gasteiger partial charge in [-0.2, -0.15) is 5.26 Å². The number of hydrogen-bond donors (Lipinski definition) is 1. The summed E-state index contributed by atoms with van der Waals surface area (Å²) in [4.78, 5) is 13.2. The number of nitriles is 1. The molecule has 102 valence electrons. The average Bonchev–Trinajstić information content (AvgIpc) is 2.96. The van der Waals surface area contributed by atoms with E-state index in [4.69, 9.17) is 10.4 Å². The van der Waals surface area contributed by atoms with Gasteiger partial charge >= 0.3 is 5.97 Å². The second kappa shape index (κ2) is 5.60. The number of thiophene rings is 1. The van der Waals surface area contributed by atoms with E-state index in [0.717, 1.165) is 20.6 Å². The first-order chi connectivity index (χ1) is 10.2. The second-order valence-electron chi connectivity index (χ2n) is 4.32. The lowest BCUT2D eigenvalue weighted by Crippen LogP contribution is -1.89. The molecule has 5 heteroatoms. The van der Waals surface area contributed by atoms with E-state index in [1.165, 1.54) is 23.1 Å². The summed E-state index contributed by atoms with van der Waals surface area (Å²) < 4.78 is 0. The number of carboxylic acid groups (broad SMARTS) is 1. The summed E-state index contributed by atoms with van der Waals surface area (Å²) in [6, 6.07) is 15.3. The number of rotatable bonds is 3.